The first-order chi connectivity index (χ1) is 10.8. The van der Waals surface area contributed by atoms with Crippen molar-refractivity contribution in [1.29, 1.82) is 0 Å². The SMILES string of the molecule is O=c1c(-c2ccccc2)cc(Cl)c2n1CCSc1ccsc1-2. The van der Waals surface area contributed by atoms with Gasteiger partial charge in [0, 0.05) is 22.8 Å². The van der Waals surface area contributed by atoms with E-state index >= 15 is 0 Å². The molecule has 5 heteroatoms. The number of halogens is 1. The number of thiophene rings is 1. The molecular weight excluding hydrogens is 334 g/mol. The lowest BCUT2D eigenvalue weighted by Gasteiger charge is -2.13. The lowest BCUT2D eigenvalue weighted by Crippen LogP contribution is -2.24. The summed E-state index contributed by atoms with van der Waals surface area (Å²) in [5.74, 6) is 0.880. The first kappa shape index (κ1) is 14.1. The highest BCUT2D eigenvalue weighted by molar-refractivity contribution is 7.99. The summed E-state index contributed by atoms with van der Waals surface area (Å²) in [4.78, 5) is 15.3. The van der Waals surface area contributed by atoms with Crippen molar-refractivity contribution >= 4 is 34.7 Å². The summed E-state index contributed by atoms with van der Waals surface area (Å²) < 4.78 is 1.83. The second-order valence-electron chi connectivity index (χ2n) is 5.04. The molecule has 0 saturated carbocycles. The molecule has 1 aliphatic heterocycles. The number of nitrogens with zero attached hydrogens (tertiary/aromatic N) is 1. The van der Waals surface area contributed by atoms with Crippen LogP contribution in [0, 0.1) is 0 Å². The zero-order valence-corrected chi connectivity index (χ0v) is 14.0. The van der Waals surface area contributed by atoms with Crippen LogP contribution in [0.2, 0.25) is 5.02 Å². The summed E-state index contributed by atoms with van der Waals surface area (Å²) in [7, 11) is 0. The van der Waals surface area contributed by atoms with Crippen LogP contribution in [0.1, 0.15) is 0 Å². The van der Waals surface area contributed by atoms with E-state index < -0.39 is 0 Å². The Balaban J connectivity index is 2.01. The first-order valence-electron chi connectivity index (χ1n) is 6.95. The van der Waals surface area contributed by atoms with Crippen molar-refractivity contribution in [1.82, 2.24) is 4.57 Å². The Hall–Kier alpha value is -1.49. The van der Waals surface area contributed by atoms with Gasteiger partial charge in [0.2, 0.25) is 0 Å². The van der Waals surface area contributed by atoms with Crippen molar-refractivity contribution in [3.63, 3.8) is 0 Å². The Morgan fingerprint density at radius 2 is 1.95 bits per heavy atom. The summed E-state index contributed by atoms with van der Waals surface area (Å²) >= 11 is 9.99. The predicted molar refractivity (Wildman–Crippen MR) is 95.2 cm³/mol. The maximum Gasteiger partial charge on any atom is 0.259 e. The van der Waals surface area contributed by atoms with Gasteiger partial charge in [0.15, 0.2) is 0 Å². The molecule has 2 aromatic heterocycles. The van der Waals surface area contributed by atoms with Crippen molar-refractivity contribution in [3.05, 3.63) is 63.2 Å². The predicted octanol–water partition coefficient (Wildman–Crippen LogP) is 5.00. The van der Waals surface area contributed by atoms with Gasteiger partial charge in [0.1, 0.15) is 0 Å². The Morgan fingerprint density at radius 1 is 1.14 bits per heavy atom. The molecule has 1 aliphatic rings. The number of fused-ring (bicyclic) bond motifs is 3. The third-order valence-electron chi connectivity index (χ3n) is 3.74. The summed E-state index contributed by atoms with van der Waals surface area (Å²) in [5.41, 5.74) is 2.47. The van der Waals surface area contributed by atoms with Gasteiger partial charge < -0.3 is 4.57 Å². The van der Waals surface area contributed by atoms with Crippen molar-refractivity contribution < 1.29 is 0 Å². The minimum Gasteiger partial charge on any atom is -0.305 e. The number of hydrogen-bond acceptors (Lipinski definition) is 3. The monoisotopic (exact) mass is 345 g/mol. The highest BCUT2D eigenvalue weighted by Crippen LogP contribution is 2.42. The van der Waals surface area contributed by atoms with Crippen LogP contribution in [-0.4, -0.2) is 10.3 Å². The fourth-order valence-electron chi connectivity index (χ4n) is 2.73. The van der Waals surface area contributed by atoms with E-state index in [2.05, 4.69) is 11.4 Å². The van der Waals surface area contributed by atoms with Crippen LogP contribution in [0.4, 0.5) is 0 Å². The third kappa shape index (κ3) is 2.22. The molecule has 3 aromatic rings. The second-order valence-corrected chi connectivity index (χ2v) is 7.50. The molecule has 0 fully saturated rings. The summed E-state index contributed by atoms with van der Waals surface area (Å²) in [6.45, 7) is 0.681. The molecule has 110 valence electrons. The zero-order valence-electron chi connectivity index (χ0n) is 11.6. The molecule has 0 radical (unpaired) electrons. The van der Waals surface area contributed by atoms with E-state index in [0.717, 1.165) is 21.9 Å². The molecule has 0 aliphatic carbocycles. The van der Waals surface area contributed by atoms with E-state index in [0.29, 0.717) is 17.1 Å². The van der Waals surface area contributed by atoms with Crippen molar-refractivity contribution in [2.75, 3.05) is 5.75 Å². The average Bonchev–Trinajstić information content (AvgIpc) is 2.91. The van der Waals surface area contributed by atoms with Crippen LogP contribution < -0.4 is 5.56 Å². The number of aromatic nitrogens is 1. The summed E-state index contributed by atoms with van der Waals surface area (Å²) in [6, 6.07) is 13.6. The number of hydrogen-bond donors (Lipinski definition) is 0. The molecular formula is C17H12ClNOS2. The van der Waals surface area contributed by atoms with Gasteiger partial charge in [0.05, 0.1) is 15.6 Å². The molecule has 4 rings (SSSR count). The fourth-order valence-corrected chi connectivity index (χ4v) is 5.24. The molecule has 0 N–H and O–H groups in total. The fraction of sp³-hybridized carbons (Fsp3) is 0.118. The number of benzene rings is 1. The van der Waals surface area contributed by atoms with Crippen LogP contribution in [0.15, 0.2) is 57.5 Å². The van der Waals surface area contributed by atoms with Gasteiger partial charge in [-0.25, -0.2) is 0 Å². The van der Waals surface area contributed by atoms with Gasteiger partial charge in [-0.3, -0.25) is 4.79 Å². The first-order valence-corrected chi connectivity index (χ1v) is 9.19. The Bertz CT molecular complexity index is 899. The van der Waals surface area contributed by atoms with Gasteiger partial charge >= 0.3 is 0 Å². The van der Waals surface area contributed by atoms with Crippen LogP contribution in [-0.2, 0) is 6.54 Å². The molecule has 3 heterocycles. The molecule has 1 aromatic carbocycles. The molecule has 0 amide bonds. The number of pyridine rings is 1. The van der Waals surface area contributed by atoms with Gasteiger partial charge in [-0.15, -0.1) is 23.1 Å². The van der Waals surface area contributed by atoms with Crippen molar-refractivity contribution in [3.8, 4) is 21.7 Å². The molecule has 0 bridgehead atoms. The third-order valence-corrected chi connectivity index (χ3v) is 6.12. The van der Waals surface area contributed by atoms with Crippen LogP contribution in [0.25, 0.3) is 21.7 Å². The quantitative estimate of drug-likeness (QED) is 0.619. The average molecular weight is 346 g/mol. The van der Waals surface area contributed by atoms with E-state index in [9.17, 15) is 4.79 Å². The van der Waals surface area contributed by atoms with E-state index in [4.69, 9.17) is 11.6 Å². The van der Waals surface area contributed by atoms with Gasteiger partial charge in [-0.05, 0) is 23.1 Å². The number of rotatable bonds is 1. The zero-order chi connectivity index (χ0) is 15.1. The van der Waals surface area contributed by atoms with Crippen LogP contribution in [0.3, 0.4) is 0 Å². The lowest BCUT2D eigenvalue weighted by molar-refractivity contribution is 0.750. The van der Waals surface area contributed by atoms with Gasteiger partial charge in [-0.1, -0.05) is 41.9 Å². The van der Waals surface area contributed by atoms with E-state index in [1.165, 1.54) is 4.90 Å². The lowest BCUT2D eigenvalue weighted by atomic mass is 10.1. The largest absolute Gasteiger partial charge is 0.305 e. The maximum absolute atomic E-state index is 13.0. The Morgan fingerprint density at radius 3 is 2.77 bits per heavy atom. The minimum absolute atomic E-state index is 0.0347. The number of thioether (sulfide) groups is 1. The maximum atomic E-state index is 13.0. The Kier molecular flexibility index (Phi) is 3.60. The van der Waals surface area contributed by atoms with E-state index in [-0.39, 0.29) is 5.56 Å². The van der Waals surface area contributed by atoms with Crippen LogP contribution >= 0.6 is 34.7 Å². The highest BCUT2D eigenvalue weighted by Gasteiger charge is 2.22. The molecule has 0 unspecified atom stereocenters. The normalized spacial score (nSPS) is 13.3. The van der Waals surface area contributed by atoms with Gasteiger partial charge in [-0.2, -0.15) is 0 Å². The van der Waals surface area contributed by atoms with Gasteiger partial charge in [0.25, 0.3) is 5.56 Å². The van der Waals surface area contributed by atoms with E-state index in [1.807, 2.05) is 41.0 Å². The molecule has 0 spiro atoms. The highest BCUT2D eigenvalue weighted by atomic mass is 35.5. The molecule has 22 heavy (non-hydrogen) atoms. The summed E-state index contributed by atoms with van der Waals surface area (Å²) in [5, 5.41) is 2.70. The topological polar surface area (TPSA) is 22.0 Å². The smallest absolute Gasteiger partial charge is 0.259 e. The standard InChI is InChI=1S/C17H12ClNOS2/c18-13-10-12(11-4-2-1-3-5-11)17(20)19-7-9-21-14-6-8-22-16(14)15(13)19/h1-6,8,10H,7,9H2. The van der Waals surface area contributed by atoms with Crippen LogP contribution in [0.5, 0.6) is 0 Å². The van der Waals surface area contributed by atoms with E-state index in [1.54, 1.807) is 23.1 Å². The minimum atomic E-state index is 0.0347. The molecule has 0 atom stereocenters. The second kappa shape index (κ2) is 5.61. The molecule has 2 nitrogen and oxygen atoms in total. The van der Waals surface area contributed by atoms with Crippen molar-refractivity contribution in [2.45, 2.75) is 11.4 Å². The Labute approximate surface area is 141 Å². The molecule has 0 saturated heterocycles. The summed E-state index contributed by atoms with van der Waals surface area (Å²) in [6.07, 6.45) is 0. The van der Waals surface area contributed by atoms with Crippen molar-refractivity contribution in [2.24, 2.45) is 0 Å².